The van der Waals surface area contributed by atoms with Gasteiger partial charge in [0.15, 0.2) is 0 Å². The number of nitrogens with one attached hydrogen (secondary N) is 1. The molecule has 1 amide bonds. The molecule has 0 aliphatic carbocycles. The molecular formula is C14H28N4O4. The van der Waals surface area contributed by atoms with Crippen LogP contribution in [0.2, 0.25) is 0 Å². The molecule has 1 N–H and O–H groups in total. The van der Waals surface area contributed by atoms with Gasteiger partial charge in [-0.3, -0.25) is 4.79 Å². The lowest BCUT2D eigenvalue weighted by atomic mass is 10.2. The predicted molar refractivity (Wildman–Crippen MR) is 83.6 cm³/mol. The second kappa shape index (κ2) is 17.7. The van der Waals surface area contributed by atoms with Gasteiger partial charge in [0, 0.05) is 24.4 Å². The van der Waals surface area contributed by atoms with Gasteiger partial charge in [0.2, 0.25) is 5.91 Å². The number of carbonyl (C=O) groups is 1. The number of nitrogens with zero attached hydrogens (tertiary/aromatic N) is 3. The lowest BCUT2D eigenvalue weighted by Gasteiger charge is -2.07. The first-order chi connectivity index (χ1) is 10.8. The Balaban J connectivity index is 3.10. The van der Waals surface area contributed by atoms with Gasteiger partial charge in [-0.05, 0) is 12.0 Å². The number of azide groups is 1. The van der Waals surface area contributed by atoms with Crippen LogP contribution in [0.4, 0.5) is 0 Å². The van der Waals surface area contributed by atoms with Crippen molar-refractivity contribution in [1.82, 2.24) is 5.32 Å². The van der Waals surface area contributed by atoms with E-state index in [1.165, 1.54) is 0 Å². The highest BCUT2D eigenvalue weighted by atomic mass is 16.5. The molecule has 22 heavy (non-hydrogen) atoms. The van der Waals surface area contributed by atoms with Crippen LogP contribution in [0.5, 0.6) is 0 Å². The first-order valence-electron chi connectivity index (χ1n) is 7.82. The molecule has 0 aromatic heterocycles. The summed E-state index contributed by atoms with van der Waals surface area (Å²) in [4.78, 5) is 14.0. The zero-order chi connectivity index (χ0) is 16.3. The Morgan fingerprint density at radius 1 is 1.05 bits per heavy atom. The Morgan fingerprint density at radius 3 is 2.32 bits per heavy atom. The number of ether oxygens (including phenoxy) is 3. The highest BCUT2D eigenvalue weighted by Crippen LogP contribution is 1.97. The highest BCUT2D eigenvalue weighted by molar-refractivity contribution is 5.75. The molecule has 0 atom stereocenters. The molecule has 128 valence electrons. The van der Waals surface area contributed by atoms with E-state index in [1.54, 1.807) is 0 Å². The highest BCUT2D eigenvalue weighted by Gasteiger charge is 1.99. The Morgan fingerprint density at radius 2 is 1.68 bits per heavy atom. The molecule has 8 nitrogen and oxygen atoms in total. The van der Waals surface area contributed by atoms with Crippen LogP contribution in [0.15, 0.2) is 5.11 Å². The third-order valence-electron chi connectivity index (χ3n) is 2.72. The monoisotopic (exact) mass is 316 g/mol. The molecule has 0 aromatic carbocycles. The molecule has 0 spiro atoms. The second-order valence-electron chi connectivity index (χ2n) is 4.60. The fraction of sp³-hybridized carbons (Fsp3) is 0.929. The summed E-state index contributed by atoms with van der Waals surface area (Å²) < 4.78 is 15.8. The first kappa shape index (κ1) is 20.7. The lowest BCUT2D eigenvalue weighted by molar-refractivity contribution is -0.121. The fourth-order valence-electron chi connectivity index (χ4n) is 1.58. The van der Waals surface area contributed by atoms with Crippen LogP contribution < -0.4 is 5.32 Å². The van der Waals surface area contributed by atoms with Gasteiger partial charge in [0.05, 0.1) is 39.6 Å². The van der Waals surface area contributed by atoms with Crippen molar-refractivity contribution in [3.8, 4) is 0 Å². The van der Waals surface area contributed by atoms with Crippen LogP contribution in [0.25, 0.3) is 10.4 Å². The minimum atomic E-state index is 0.0891. The summed E-state index contributed by atoms with van der Waals surface area (Å²) in [6.45, 7) is 5.81. The van der Waals surface area contributed by atoms with Gasteiger partial charge in [0.25, 0.3) is 0 Å². The van der Waals surface area contributed by atoms with E-state index in [2.05, 4.69) is 22.3 Å². The van der Waals surface area contributed by atoms with Crippen molar-refractivity contribution in [1.29, 1.82) is 0 Å². The minimum absolute atomic E-state index is 0.0891. The summed E-state index contributed by atoms with van der Waals surface area (Å²) in [5, 5.41) is 6.16. The SMILES string of the molecule is CCCCCC(=O)NCCOCCOCCOCCN=[N+]=[N-]. The van der Waals surface area contributed by atoms with Crippen molar-refractivity contribution in [3.05, 3.63) is 10.4 Å². The van der Waals surface area contributed by atoms with E-state index >= 15 is 0 Å². The fourth-order valence-corrected chi connectivity index (χ4v) is 1.58. The van der Waals surface area contributed by atoms with E-state index in [9.17, 15) is 4.79 Å². The maximum atomic E-state index is 11.4. The summed E-state index contributed by atoms with van der Waals surface area (Å²) in [7, 11) is 0. The smallest absolute Gasteiger partial charge is 0.220 e. The van der Waals surface area contributed by atoms with Crippen LogP contribution in [0.3, 0.4) is 0 Å². The number of unbranched alkanes of at least 4 members (excludes halogenated alkanes) is 2. The first-order valence-corrected chi connectivity index (χ1v) is 7.82. The summed E-state index contributed by atoms with van der Waals surface area (Å²) in [5.74, 6) is 0.0891. The Hall–Kier alpha value is -1.34. The minimum Gasteiger partial charge on any atom is -0.379 e. The van der Waals surface area contributed by atoms with Gasteiger partial charge in [0.1, 0.15) is 0 Å². The third-order valence-corrected chi connectivity index (χ3v) is 2.72. The summed E-state index contributed by atoms with van der Waals surface area (Å²) in [6, 6.07) is 0. The molecule has 0 heterocycles. The largest absolute Gasteiger partial charge is 0.379 e. The molecule has 0 saturated heterocycles. The Labute approximate surface area is 132 Å². The van der Waals surface area contributed by atoms with E-state index in [0.29, 0.717) is 59.2 Å². The summed E-state index contributed by atoms with van der Waals surface area (Å²) in [6.07, 6.45) is 3.75. The van der Waals surface area contributed by atoms with Gasteiger partial charge in [-0.1, -0.05) is 24.9 Å². The van der Waals surface area contributed by atoms with Crippen molar-refractivity contribution < 1.29 is 19.0 Å². The number of hydrogen-bond acceptors (Lipinski definition) is 5. The van der Waals surface area contributed by atoms with E-state index in [1.807, 2.05) is 0 Å². The van der Waals surface area contributed by atoms with Gasteiger partial charge in [-0.25, -0.2) is 0 Å². The maximum absolute atomic E-state index is 11.4. The van der Waals surface area contributed by atoms with Gasteiger partial charge >= 0.3 is 0 Å². The van der Waals surface area contributed by atoms with Gasteiger partial charge in [-0.15, -0.1) is 0 Å². The summed E-state index contributed by atoms with van der Waals surface area (Å²) in [5.41, 5.74) is 8.05. The Bertz CT molecular complexity index is 309. The molecule has 0 aliphatic rings. The topological polar surface area (TPSA) is 106 Å². The van der Waals surface area contributed by atoms with Gasteiger partial charge in [-0.2, -0.15) is 0 Å². The van der Waals surface area contributed by atoms with Crippen molar-refractivity contribution in [3.63, 3.8) is 0 Å². The molecule has 0 aliphatic heterocycles. The van der Waals surface area contributed by atoms with E-state index in [-0.39, 0.29) is 5.91 Å². The zero-order valence-corrected chi connectivity index (χ0v) is 13.5. The van der Waals surface area contributed by atoms with Crippen molar-refractivity contribution in [2.75, 3.05) is 52.7 Å². The average molecular weight is 316 g/mol. The molecule has 0 aromatic rings. The zero-order valence-electron chi connectivity index (χ0n) is 13.5. The molecule has 0 fully saturated rings. The number of amides is 1. The molecule has 0 radical (unpaired) electrons. The van der Waals surface area contributed by atoms with Crippen LogP contribution in [0, 0.1) is 0 Å². The molecule has 8 heteroatoms. The average Bonchev–Trinajstić information content (AvgIpc) is 2.52. The van der Waals surface area contributed by atoms with Crippen LogP contribution in [0.1, 0.15) is 32.6 Å². The van der Waals surface area contributed by atoms with E-state index in [4.69, 9.17) is 19.7 Å². The molecule has 0 unspecified atom stereocenters. The Kier molecular flexibility index (Phi) is 16.6. The number of rotatable bonds is 16. The van der Waals surface area contributed by atoms with Crippen molar-refractivity contribution in [2.24, 2.45) is 5.11 Å². The van der Waals surface area contributed by atoms with Crippen molar-refractivity contribution >= 4 is 5.91 Å². The predicted octanol–water partition coefficient (Wildman–Crippen LogP) is 2.04. The molecular weight excluding hydrogens is 288 g/mol. The number of carbonyl (C=O) groups excluding carboxylic acids is 1. The lowest BCUT2D eigenvalue weighted by Crippen LogP contribution is -2.27. The van der Waals surface area contributed by atoms with E-state index in [0.717, 1.165) is 19.3 Å². The second-order valence-corrected chi connectivity index (χ2v) is 4.60. The molecule has 0 bridgehead atoms. The number of hydrogen-bond donors (Lipinski definition) is 1. The molecule has 0 rings (SSSR count). The maximum Gasteiger partial charge on any atom is 0.220 e. The quantitative estimate of drug-likeness (QED) is 0.203. The van der Waals surface area contributed by atoms with Crippen LogP contribution in [-0.4, -0.2) is 58.6 Å². The third kappa shape index (κ3) is 16.7. The normalized spacial score (nSPS) is 10.2. The van der Waals surface area contributed by atoms with Crippen LogP contribution in [-0.2, 0) is 19.0 Å². The van der Waals surface area contributed by atoms with E-state index < -0.39 is 0 Å². The standard InChI is InChI=1S/C14H28N4O4/c1-2-3-4-5-14(19)16-6-8-20-10-12-22-13-11-21-9-7-17-18-15/h2-13H2,1H3,(H,16,19). The summed E-state index contributed by atoms with van der Waals surface area (Å²) >= 11 is 0. The van der Waals surface area contributed by atoms with Crippen LogP contribution >= 0.6 is 0 Å². The molecule has 0 saturated carbocycles. The van der Waals surface area contributed by atoms with Gasteiger partial charge < -0.3 is 19.5 Å². The van der Waals surface area contributed by atoms with Crippen molar-refractivity contribution in [2.45, 2.75) is 32.6 Å².